The first-order valence-corrected chi connectivity index (χ1v) is 9.82. The second kappa shape index (κ2) is 9.17. The maximum atomic E-state index is 12.4. The number of carbonyl (C=O) groups excluding carboxylic acids is 1. The number of ether oxygens (including phenoxy) is 2. The lowest BCUT2D eigenvalue weighted by atomic mass is 10.1. The van der Waals surface area contributed by atoms with Crippen LogP contribution in [0.3, 0.4) is 0 Å². The van der Waals surface area contributed by atoms with Crippen LogP contribution >= 0.6 is 24.0 Å². The molecule has 1 heterocycles. The summed E-state index contributed by atoms with van der Waals surface area (Å²) < 4.78 is 11.4. The Morgan fingerprint density at radius 3 is 2.48 bits per heavy atom. The normalized spacial score (nSPS) is 15.6. The molecule has 27 heavy (non-hydrogen) atoms. The predicted octanol–water partition coefficient (Wildman–Crippen LogP) is 4.42. The Bertz CT molecular complexity index is 845. The van der Waals surface area contributed by atoms with E-state index in [4.69, 9.17) is 21.7 Å². The van der Waals surface area contributed by atoms with E-state index in [-0.39, 0.29) is 5.91 Å². The molecule has 6 heteroatoms. The highest BCUT2D eigenvalue weighted by atomic mass is 32.2. The van der Waals surface area contributed by atoms with Crippen molar-refractivity contribution in [1.82, 2.24) is 4.90 Å². The number of benzene rings is 2. The van der Waals surface area contributed by atoms with Gasteiger partial charge in [0.2, 0.25) is 0 Å². The van der Waals surface area contributed by atoms with Crippen molar-refractivity contribution in [1.29, 1.82) is 0 Å². The number of thioether (sulfide) groups is 1. The predicted molar refractivity (Wildman–Crippen MR) is 114 cm³/mol. The fourth-order valence-electron chi connectivity index (χ4n) is 2.54. The van der Waals surface area contributed by atoms with Crippen molar-refractivity contribution in [2.45, 2.75) is 13.5 Å². The molecule has 3 rings (SSSR count). The van der Waals surface area contributed by atoms with E-state index in [1.165, 1.54) is 17.3 Å². The summed E-state index contributed by atoms with van der Waals surface area (Å²) in [5.74, 6) is 0.724. The van der Waals surface area contributed by atoms with Crippen molar-refractivity contribution < 1.29 is 14.3 Å². The van der Waals surface area contributed by atoms with Crippen LogP contribution < -0.4 is 4.74 Å². The molecule has 0 spiro atoms. The highest BCUT2D eigenvalue weighted by Crippen LogP contribution is 2.32. The van der Waals surface area contributed by atoms with Crippen molar-refractivity contribution in [2.24, 2.45) is 0 Å². The molecule has 4 nitrogen and oxygen atoms in total. The minimum atomic E-state index is -0.0678. The molecular weight excluding hydrogens is 378 g/mol. The molecule has 0 aromatic heterocycles. The average Bonchev–Trinajstić information content (AvgIpc) is 2.94. The Hall–Kier alpha value is -2.15. The van der Waals surface area contributed by atoms with E-state index in [2.05, 4.69) is 31.2 Å². The lowest BCUT2D eigenvalue weighted by Crippen LogP contribution is -2.31. The minimum absolute atomic E-state index is 0.0678. The van der Waals surface area contributed by atoms with Crippen LogP contribution in [-0.4, -0.2) is 35.4 Å². The quantitative estimate of drug-likeness (QED) is 0.509. The number of amides is 1. The molecule has 1 amide bonds. The Morgan fingerprint density at radius 2 is 1.81 bits per heavy atom. The fourth-order valence-corrected chi connectivity index (χ4v) is 3.85. The molecule has 0 atom stereocenters. The largest absolute Gasteiger partial charge is 0.489 e. The Labute approximate surface area is 169 Å². The first kappa shape index (κ1) is 19.6. The molecule has 1 fully saturated rings. The van der Waals surface area contributed by atoms with Gasteiger partial charge in [-0.1, -0.05) is 65.9 Å². The van der Waals surface area contributed by atoms with Crippen LogP contribution in [-0.2, 0) is 16.1 Å². The molecule has 0 aliphatic carbocycles. The molecule has 1 saturated heterocycles. The summed E-state index contributed by atoms with van der Waals surface area (Å²) in [7, 11) is 1.61. The molecule has 0 saturated carbocycles. The summed E-state index contributed by atoms with van der Waals surface area (Å²) in [6.45, 7) is 3.53. The molecular formula is C21H21NO3S2. The van der Waals surface area contributed by atoms with Gasteiger partial charge in [-0.05, 0) is 36.3 Å². The van der Waals surface area contributed by atoms with Crippen LogP contribution in [0.25, 0.3) is 6.08 Å². The lowest BCUT2D eigenvalue weighted by molar-refractivity contribution is -0.122. The third-order valence-corrected chi connectivity index (χ3v) is 5.47. The number of hydrogen-bond acceptors (Lipinski definition) is 5. The number of aryl methyl sites for hydroxylation is 1. The Kier molecular flexibility index (Phi) is 6.66. The van der Waals surface area contributed by atoms with Gasteiger partial charge in [-0.15, -0.1) is 0 Å². The van der Waals surface area contributed by atoms with Gasteiger partial charge in [-0.2, -0.15) is 0 Å². The highest BCUT2D eigenvalue weighted by molar-refractivity contribution is 8.26. The average molecular weight is 400 g/mol. The molecule has 1 aliphatic rings. The summed E-state index contributed by atoms with van der Waals surface area (Å²) in [6, 6.07) is 16.0. The molecule has 0 unspecified atom stereocenters. The van der Waals surface area contributed by atoms with E-state index >= 15 is 0 Å². The second-order valence-corrected chi connectivity index (χ2v) is 7.85. The number of rotatable bonds is 7. The number of nitrogens with zero attached hydrogens (tertiary/aromatic N) is 1. The zero-order valence-electron chi connectivity index (χ0n) is 15.3. The number of methoxy groups -OCH3 is 1. The Morgan fingerprint density at radius 1 is 1.11 bits per heavy atom. The van der Waals surface area contributed by atoms with Crippen LogP contribution in [0.4, 0.5) is 0 Å². The van der Waals surface area contributed by atoms with Crippen molar-refractivity contribution in [3.8, 4) is 5.75 Å². The zero-order valence-corrected chi connectivity index (χ0v) is 16.9. The smallest absolute Gasteiger partial charge is 0.266 e. The van der Waals surface area contributed by atoms with Crippen molar-refractivity contribution in [2.75, 3.05) is 20.3 Å². The van der Waals surface area contributed by atoms with E-state index < -0.39 is 0 Å². The number of thiocarbonyl (C=S) groups is 1. The second-order valence-electron chi connectivity index (χ2n) is 6.17. The van der Waals surface area contributed by atoms with Crippen molar-refractivity contribution in [3.63, 3.8) is 0 Å². The standard InChI is InChI=1S/C21H21NO3S2/c1-15-3-5-17(6-4-15)14-25-18-9-7-16(8-10-18)13-19-20(23)22(11-12-24-2)21(26)27-19/h3-10,13H,11-12,14H2,1-2H3/b19-13-. The van der Waals surface area contributed by atoms with Gasteiger partial charge in [0.25, 0.3) is 5.91 Å². The summed E-state index contributed by atoms with van der Waals surface area (Å²) in [5.41, 5.74) is 3.30. The molecule has 1 aliphatic heterocycles. The van der Waals surface area contributed by atoms with Gasteiger partial charge >= 0.3 is 0 Å². The Balaban J connectivity index is 1.61. The van der Waals surface area contributed by atoms with Gasteiger partial charge in [0.15, 0.2) is 0 Å². The van der Waals surface area contributed by atoms with Gasteiger partial charge < -0.3 is 9.47 Å². The van der Waals surface area contributed by atoms with Crippen LogP contribution in [0, 0.1) is 6.92 Å². The summed E-state index contributed by atoms with van der Waals surface area (Å²) >= 11 is 6.61. The van der Waals surface area contributed by atoms with Gasteiger partial charge in [0.1, 0.15) is 16.7 Å². The van der Waals surface area contributed by atoms with Crippen molar-refractivity contribution >= 4 is 40.3 Å². The van der Waals surface area contributed by atoms with Gasteiger partial charge in [-0.25, -0.2) is 0 Å². The number of carbonyl (C=O) groups is 1. The van der Waals surface area contributed by atoms with E-state index in [1.54, 1.807) is 12.0 Å². The number of hydrogen-bond donors (Lipinski definition) is 0. The first-order chi connectivity index (χ1) is 13.1. The molecule has 140 valence electrons. The third-order valence-electron chi connectivity index (χ3n) is 4.10. The zero-order chi connectivity index (χ0) is 19.2. The molecule has 0 radical (unpaired) electrons. The SMILES string of the molecule is COCCN1C(=O)/C(=C/c2ccc(OCc3ccc(C)cc3)cc2)SC1=S. The maximum absolute atomic E-state index is 12.4. The molecule has 2 aromatic rings. The third kappa shape index (κ3) is 5.19. The molecule has 2 aromatic carbocycles. The lowest BCUT2D eigenvalue weighted by Gasteiger charge is -2.12. The van der Waals surface area contributed by atoms with E-state index in [0.29, 0.717) is 29.0 Å². The van der Waals surface area contributed by atoms with E-state index in [0.717, 1.165) is 16.9 Å². The van der Waals surface area contributed by atoms with Crippen LogP contribution in [0.2, 0.25) is 0 Å². The maximum Gasteiger partial charge on any atom is 0.266 e. The monoisotopic (exact) mass is 399 g/mol. The van der Waals surface area contributed by atoms with Crippen LogP contribution in [0.1, 0.15) is 16.7 Å². The van der Waals surface area contributed by atoms with Gasteiger partial charge in [-0.3, -0.25) is 9.69 Å². The highest BCUT2D eigenvalue weighted by Gasteiger charge is 2.31. The summed E-state index contributed by atoms with van der Waals surface area (Å²) in [4.78, 5) is 14.7. The van der Waals surface area contributed by atoms with Crippen LogP contribution in [0.15, 0.2) is 53.4 Å². The summed E-state index contributed by atoms with van der Waals surface area (Å²) in [5, 5.41) is 0. The van der Waals surface area contributed by atoms with E-state index in [9.17, 15) is 4.79 Å². The first-order valence-electron chi connectivity index (χ1n) is 8.59. The molecule has 0 bridgehead atoms. The minimum Gasteiger partial charge on any atom is -0.489 e. The van der Waals surface area contributed by atoms with Crippen molar-refractivity contribution in [3.05, 3.63) is 70.1 Å². The van der Waals surface area contributed by atoms with Gasteiger partial charge in [0.05, 0.1) is 18.1 Å². The topological polar surface area (TPSA) is 38.8 Å². The van der Waals surface area contributed by atoms with Crippen LogP contribution in [0.5, 0.6) is 5.75 Å². The molecule has 0 N–H and O–H groups in total. The summed E-state index contributed by atoms with van der Waals surface area (Å²) in [6.07, 6.45) is 1.86. The van der Waals surface area contributed by atoms with Gasteiger partial charge in [0, 0.05) is 7.11 Å². The fraction of sp³-hybridized carbons (Fsp3) is 0.238. The van der Waals surface area contributed by atoms with E-state index in [1.807, 2.05) is 30.3 Å².